The Morgan fingerprint density at radius 3 is 2.59 bits per heavy atom. The number of nitriles is 1. The van der Waals surface area contributed by atoms with E-state index in [9.17, 15) is 8.78 Å². The lowest BCUT2D eigenvalue weighted by Crippen LogP contribution is -2.50. The fraction of sp³-hybridized carbons (Fsp3) is 0.364. The number of guanidine groups is 1. The fourth-order valence-corrected chi connectivity index (χ4v) is 3.49. The van der Waals surface area contributed by atoms with E-state index in [0.29, 0.717) is 24.6 Å². The molecule has 1 aliphatic rings. The third kappa shape index (κ3) is 5.75. The molecule has 0 bridgehead atoms. The van der Waals surface area contributed by atoms with Gasteiger partial charge in [0.05, 0.1) is 11.6 Å². The third-order valence-electron chi connectivity index (χ3n) is 5.06. The maximum absolute atomic E-state index is 13.9. The minimum atomic E-state index is -0.500. The van der Waals surface area contributed by atoms with Crippen molar-refractivity contribution < 1.29 is 8.78 Å². The lowest BCUT2D eigenvalue weighted by atomic mass is 10.0. The number of hydrogen-bond donors (Lipinski definition) is 2. The molecule has 1 saturated heterocycles. The minimum Gasteiger partial charge on any atom is -0.352 e. The average molecular weight is 397 g/mol. The van der Waals surface area contributed by atoms with Crippen LogP contribution in [0.3, 0.4) is 0 Å². The summed E-state index contributed by atoms with van der Waals surface area (Å²) in [5.74, 6) is -0.321. The summed E-state index contributed by atoms with van der Waals surface area (Å²) in [4.78, 5) is 6.34. The molecule has 7 heteroatoms. The normalized spacial score (nSPS) is 17.6. The van der Waals surface area contributed by atoms with Gasteiger partial charge in [0, 0.05) is 38.3 Å². The molecule has 0 saturated carbocycles. The first-order chi connectivity index (χ1) is 14.1. The first-order valence-electron chi connectivity index (χ1n) is 9.70. The van der Waals surface area contributed by atoms with Crippen LogP contribution < -0.4 is 10.6 Å². The minimum absolute atomic E-state index is 0.122. The van der Waals surface area contributed by atoms with Crippen molar-refractivity contribution in [3.05, 3.63) is 70.8 Å². The molecule has 1 heterocycles. The van der Waals surface area contributed by atoms with Crippen LogP contribution in [-0.2, 0) is 13.1 Å². The van der Waals surface area contributed by atoms with Crippen LogP contribution in [-0.4, -0.2) is 37.0 Å². The molecular formula is C22H25F2N5. The van der Waals surface area contributed by atoms with Gasteiger partial charge in [-0.15, -0.1) is 0 Å². The van der Waals surface area contributed by atoms with Crippen LogP contribution in [0.25, 0.3) is 0 Å². The van der Waals surface area contributed by atoms with Gasteiger partial charge in [-0.2, -0.15) is 5.26 Å². The zero-order valence-corrected chi connectivity index (χ0v) is 16.5. The van der Waals surface area contributed by atoms with Crippen LogP contribution in [0.2, 0.25) is 0 Å². The summed E-state index contributed by atoms with van der Waals surface area (Å²) in [6.07, 6.45) is 1.91. The molecule has 0 spiro atoms. The lowest BCUT2D eigenvalue weighted by Gasteiger charge is -2.34. The number of aliphatic imine (C=N–C) groups is 1. The summed E-state index contributed by atoms with van der Waals surface area (Å²) < 4.78 is 27.9. The van der Waals surface area contributed by atoms with Gasteiger partial charge in [0.25, 0.3) is 0 Å². The molecule has 0 aliphatic carbocycles. The number of nitrogens with zero attached hydrogens (tertiary/aromatic N) is 3. The Morgan fingerprint density at radius 2 is 1.93 bits per heavy atom. The Kier molecular flexibility index (Phi) is 7.14. The number of nitrogens with one attached hydrogen (secondary N) is 2. The highest BCUT2D eigenvalue weighted by molar-refractivity contribution is 5.80. The van der Waals surface area contributed by atoms with E-state index in [0.717, 1.165) is 24.9 Å². The van der Waals surface area contributed by atoms with Crippen LogP contribution in [0.15, 0.2) is 47.5 Å². The molecular weight excluding hydrogens is 372 g/mol. The second-order valence-corrected chi connectivity index (χ2v) is 7.15. The largest absolute Gasteiger partial charge is 0.352 e. The van der Waals surface area contributed by atoms with Crippen molar-refractivity contribution in [2.75, 3.05) is 20.1 Å². The van der Waals surface area contributed by atoms with Gasteiger partial charge in [-0.25, -0.2) is 8.78 Å². The van der Waals surface area contributed by atoms with Crippen molar-refractivity contribution in [3.63, 3.8) is 0 Å². The number of halogens is 2. The van der Waals surface area contributed by atoms with E-state index in [1.807, 2.05) is 12.1 Å². The molecule has 1 fully saturated rings. The molecule has 152 valence electrons. The Morgan fingerprint density at radius 1 is 1.21 bits per heavy atom. The zero-order chi connectivity index (χ0) is 20.6. The Bertz CT molecular complexity index is 869. The van der Waals surface area contributed by atoms with E-state index in [1.165, 1.54) is 18.2 Å². The number of benzene rings is 2. The van der Waals surface area contributed by atoms with Gasteiger partial charge >= 0.3 is 0 Å². The van der Waals surface area contributed by atoms with Gasteiger partial charge in [-0.1, -0.05) is 18.2 Å². The van der Waals surface area contributed by atoms with Gasteiger partial charge in [0.2, 0.25) is 0 Å². The smallest absolute Gasteiger partial charge is 0.191 e. The van der Waals surface area contributed by atoms with Gasteiger partial charge in [0.1, 0.15) is 11.6 Å². The Hall–Kier alpha value is -2.98. The molecule has 5 nitrogen and oxygen atoms in total. The molecule has 1 unspecified atom stereocenters. The molecule has 3 rings (SSSR count). The maximum atomic E-state index is 13.9. The standard InChI is InChI=1S/C22H25F2N5/c1-26-22(27-13-17-9-7-16(12-25)8-10-17)28-18-4-3-11-29(14-18)15-19-20(23)5-2-6-21(19)24/h2,5-10,18H,3-4,11,13-15H2,1H3,(H2,26,27,28). The Labute approximate surface area is 170 Å². The topological polar surface area (TPSA) is 63.5 Å². The fourth-order valence-electron chi connectivity index (χ4n) is 3.49. The molecule has 0 radical (unpaired) electrons. The zero-order valence-electron chi connectivity index (χ0n) is 16.5. The lowest BCUT2D eigenvalue weighted by molar-refractivity contribution is 0.188. The van der Waals surface area contributed by atoms with Crippen molar-refractivity contribution >= 4 is 5.96 Å². The quantitative estimate of drug-likeness (QED) is 0.601. The molecule has 1 atom stereocenters. The highest BCUT2D eigenvalue weighted by atomic mass is 19.1. The number of hydrogen-bond acceptors (Lipinski definition) is 3. The van der Waals surface area contributed by atoms with Crippen molar-refractivity contribution in [1.82, 2.24) is 15.5 Å². The maximum Gasteiger partial charge on any atom is 0.191 e. The molecule has 2 N–H and O–H groups in total. The van der Waals surface area contributed by atoms with E-state index >= 15 is 0 Å². The van der Waals surface area contributed by atoms with E-state index in [2.05, 4.69) is 26.6 Å². The van der Waals surface area contributed by atoms with Crippen LogP contribution in [0, 0.1) is 23.0 Å². The van der Waals surface area contributed by atoms with Crippen molar-refractivity contribution in [1.29, 1.82) is 5.26 Å². The van der Waals surface area contributed by atoms with Gasteiger partial charge in [-0.05, 0) is 49.2 Å². The summed E-state index contributed by atoms with van der Waals surface area (Å²) in [6, 6.07) is 13.6. The molecule has 2 aromatic carbocycles. The van der Waals surface area contributed by atoms with Crippen molar-refractivity contribution in [3.8, 4) is 6.07 Å². The van der Waals surface area contributed by atoms with Crippen molar-refractivity contribution in [2.24, 2.45) is 4.99 Å². The number of piperidine rings is 1. The van der Waals surface area contributed by atoms with Crippen molar-refractivity contribution in [2.45, 2.75) is 32.0 Å². The van der Waals surface area contributed by atoms with Gasteiger partial charge in [-0.3, -0.25) is 9.89 Å². The first-order valence-corrected chi connectivity index (χ1v) is 9.70. The average Bonchev–Trinajstić information content (AvgIpc) is 2.74. The predicted octanol–water partition coefficient (Wildman–Crippen LogP) is 3.17. The molecule has 29 heavy (non-hydrogen) atoms. The van der Waals surface area contributed by atoms with Gasteiger partial charge in [0.15, 0.2) is 5.96 Å². The summed E-state index contributed by atoms with van der Waals surface area (Å²) in [6.45, 7) is 2.34. The number of rotatable bonds is 5. The highest BCUT2D eigenvalue weighted by Crippen LogP contribution is 2.18. The van der Waals surface area contributed by atoms with Crippen LogP contribution in [0.1, 0.15) is 29.5 Å². The van der Waals surface area contributed by atoms with Crippen LogP contribution in [0.4, 0.5) is 8.78 Å². The third-order valence-corrected chi connectivity index (χ3v) is 5.06. The molecule has 2 aromatic rings. The SMILES string of the molecule is CN=C(NCc1ccc(C#N)cc1)NC1CCCN(Cc2c(F)cccc2F)C1. The predicted molar refractivity (Wildman–Crippen MR) is 109 cm³/mol. The summed E-state index contributed by atoms with van der Waals surface area (Å²) in [7, 11) is 1.71. The van der Waals surface area contributed by atoms with Crippen LogP contribution >= 0.6 is 0 Å². The summed E-state index contributed by atoms with van der Waals surface area (Å²) in [5.41, 5.74) is 1.80. The summed E-state index contributed by atoms with van der Waals surface area (Å²) in [5, 5.41) is 15.5. The Balaban J connectivity index is 1.53. The first kappa shape index (κ1) is 20.7. The number of likely N-dealkylation sites (tertiary alicyclic amines) is 1. The molecule has 1 aliphatic heterocycles. The van der Waals surface area contributed by atoms with E-state index in [-0.39, 0.29) is 18.2 Å². The monoisotopic (exact) mass is 397 g/mol. The summed E-state index contributed by atoms with van der Waals surface area (Å²) >= 11 is 0. The van der Waals surface area contributed by atoms with E-state index in [1.54, 1.807) is 19.2 Å². The van der Waals surface area contributed by atoms with E-state index < -0.39 is 11.6 Å². The van der Waals surface area contributed by atoms with E-state index in [4.69, 9.17) is 5.26 Å². The second kappa shape index (κ2) is 9.99. The molecule has 0 amide bonds. The second-order valence-electron chi connectivity index (χ2n) is 7.15. The van der Waals surface area contributed by atoms with Gasteiger partial charge < -0.3 is 10.6 Å². The van der Waals surface area contributed by atoms with Crippen LogP contribution in [0.5, 0.6) is 0 Å². The highest BCUT2D eigenvalue weighted by Gasteiger charge is 2.22. The molecule has 0 aromatic heterocycles.